The van der Waals surface area contributed by atoms with E-state index in [-0.39, 0.29) is 11.0 Å². The molecule has 0 bridgehead atoms. The third-order valence-corrected chi connectivity index (χ3v) is 7.08. The molecule has 3 rings (SSSR count). The van der Waals surface area contributed by atoms with Crippen molar-refractivity contribution in [3.05, 3.63) is 39.4 Å². The standard InChI is InChI=1S/C22H31N3O3S/c1-14-12-16(15(2)24-29(27)21(3,4)5)18-17(13-14)19(26)25(7)20(23-18)22(6)8-10-28-11-9-22/h12-13H,8-11H2,1-7H3. The van der Waals surface area contributed by atoms with Crippen LogP contribution in [0, 0.1) is 6.92 Å². The van der Waals surface area contributed by atoms with Gasteiger partial charge in [0.15, 0.2) is 0 Å². The Bertz CT molecular complexity index is 1010. The molecule has 29 heavy (non-hydrogen) atoms. The van der Waals surface area contributed by atoms with Gasteiger partial charge in [-0.1, -0.05) is 11.3 Å². The minimum absolute atomic E-state index is 0.0626. The van der Waals surface area contributed by atoms with Gasteiger partial charge in [-0.2, -0.15) is 0 Å². The SMILES string of the molecule is CC(=N[S+]([O-])C(C)(C)C)c1cc(C)cc2c(=O)n(C)c(C3(C)CCOCC3)nc12. The number of rotatable bonds is 3. The fourth-order valence-corrected chi connectivity index (χ4v) is 4.31. The molecule has 158 valence electrons. The van der Waals surface area contributed by atoms with E-state index in [1.165, 1.54) is 0 Å². The second kappa shape index (κ2) is 7.85. The van der Waals surface area contributed by atoms with E-state index in [1.807, 2.05) is 46.8 Å². The molecule has 7 heteroatoms. The third-order valence-electron chi connectivity index (χ3n) is 5.59. The van der Waals surface area contributed by atoms with Crippen molar-refractivity contribution in [1.82, 2.24) is 9.55 Å². The first kappa shape index (κ1) is 22.0. The number of hydrogen-bond donors (Lipinski definition) is 0. The number of benzene rings is 1. The molecule has 1 fully saturated rings. The molecule has 0 saturated carbocycles. The Balaban J connectivity index is 2.26. The number of hydrogen-bond acceptors (Lipinski definition) is 5. The van der Waals surface area contributed by atoms with Crippen molar-refractivity contribution in [2.75, 3.05) is 13.2 Å². The zero-order valence-corrected chi connectivity index (χ0v) is 19.3. The van der Waals surface area contributed by atoms with Crippen LogP contribution in [0.5, 0.6) is 0 Å². The van der Waals surface area contributed by atoms with Crippen LogP contribution in [0.15, 0.2) is 21.3 Å². The molecule has 1 aliphatic rings. The van der Waals surface area contributed by atoms with Gasteiger partial charge in [-0.15, -0.1) is 0 Å². The van der Waals surface area contributed by atoms with Crippen molar-refractivity contribution in [2.45, 2.75) is 64.5 Å². The highest BCUT2D eigenvalue weighted by molar-refractivity contribution is 7.91. The molecule has 1 aliphatic heterocycles. The summed E-state index contributed by atoms with van der Waals surface area (Å²) in [5.41, 5.74) is 2.71. The highest BCUT2D eigenvalue weighted by Gasteiger charge is 2.34. The number of ether oxygens (including phenoxy) is 1. The average molecular weight is 418 g/mol. The summed E-state index contributed by atoms with van der Waals surface area (Å²) < 4.78 is 23.8. The first-order chi connectivity index (χ1) is 13.4. The van der Waals surface area contributed by atoms with Crippen LogP contribution in [0.3, 0.4) is 0 Å². The number of aromatic nitrogens is 2. The molecule has 1 unspecified atom stereocenters. The van der Waals surface area contributed by atoms with E-state index in [4.69, 9.17) is 9.72 Å². The predicted molar refractivity (Wildman–Crippen MR) is 119 cm³/mol. The highest BCUT2D eigenvalue weighted by atomic mass is 32.2. The Kier molecular flexibility index (Phi) is 5.96. The predicted octanol–water partition coefficient (Wildman–Crippen LogP) is 3.58. The lowest BCUT2D eigenvalue weighted by molar-refractivity contribution is 0.0523. The molecular weight excluding hydrogens is 386 g/mol. The van der Waals surface area contributed by atoms with Gasteiger partial charge < -0.3 is 9.29 Å². The summed E-state index contributed by atoms with van der Waals surface area (Å²) in [5, 5.41) is 0.568. The van der Waals surface area contributed by atoms with Crippen LogP contribution in [-0.2, 0) is 28.6 Å². The lowest BCUT2D eigenvalue weighted by Gasteiger charge is -2.34. The Morgan fingerprint density at radius 3 is 2.52 bits per heavy atom. The van der Waals surface area contributed by atoms with Crippen LogP contribution in [-0.4, -0.2) is 37.8 Å². The Hall–Kier alpha value is -1.70. The Morgan fingerprint density at radius 1 is 1.31 bits per heavy atom. The first-order valence-corrected chi connectivity index (χ1v) is 11.1. The second-order valence-electron chi connectivity index (χ2n) is 9.22. The molecular formula is C22H31N3O3S. The van der Waals surface area contributed by atoms with Crippen LogP contribution < -0.4 is 5.56 Å². The van der Waals surface area contributed by atoms with Crippen LogP contribution >= 0.6 is 0 Å². The van der Waals surface area contributed by atoms with Gasteiger partial charge in [0.25, 0.3) is 5.56 Å². The summed E-state index contributed by atoms with van der Waals surface area (Å²) in [5.74, 6) is 0.771. The molecule has 0 radical (unpaired) electrons. The summed E-state index contributed by atoms with van der Waals surface area (Å²) in [7, 11) is 1.79. The van der Waals surface area contributed by atoms with Gasteiger partial charge in [-0.25, -0.2) is 4.98 Å². The topological polar surface area (TPSA) is 79.5 Å². The van der Waals surface area contributed by atoms with Gasteiger partial charge in [-0.05, 0) is 65.2 Å². The van der Waals surface area contributed by atoms with Gasteiger partial charge in [0.05, 0.1) is 16.6 Å². The summed E-state index contributed by atoms with van der Waals surface area (Å²) in [6.45, 7) is 12.9. The third kappa shape index (κ3) is 4.27. The Morgan fingerprint density at radius 2 is 1.93 bits per heavy atom. The molecule has 0 spiro atoms. The van der Waals surface area contributed by atoms with E-state index in [0.717, 1.165) is 29.8 Å². The van der Waals surface area contributed by atoms with E-state index in [1.54, 1.807) is 11.6 Å². The second-order valence-corrected chi connectivity index (χ2v) is 11.1. The van der Waals surface area contributed by atoms with E-state index in [0.29, 0.717) is 29.8 Å². The maximum absolute atomic E-state index is 13.2. The van der Waals surface area contributed by atoms with Crippen molar-refractivity contribution in [3.8, 4) is 0 Å². The summed E-state index contributed by atoms with van der Waals surface area (Å²) in [6, 6.07) is 3.85. The highest BCUT2D eigenvalue weighted by Crippen LogP contribution is 2.33. The fraction of sp³-hybridized carbons (Fsp3) is 0.591. The molecule has 2 aromatic rings. The number of aryl methyl sites for hydroxylation is 1. The Labute approximate surface area is 175 Å². The molecule has 2 heterocycles. The van der Waals surface area contributed by atoms with Crippen molar-refractivity contribution in [1.29, 1.82) is 0 Å². The van der Waals surface area contributed by atoms with Crippen molar-refractivity contribution in [3.63, 3.8) is 0 Å². The molecule has 6 nitrogen and oxygen atoms in total. The monoisotopic (exact) mass is 417 g/mol. The summed E-state index contributed by atoms with van der Waals surface area (Å²) >= 11 is -1.38. The quantitative estimate of drug-likeness (QED) is 0.565. The molecule has 0 N–H and O–H groups in total. The molecule has 1 saturated heterocycles. The molecule has 1 aromatic carbocycles. The van der Waals surface area contributed by atoms with E-state index < -0.39 is 16.1 Å². The summed E-state index contributed by atoms with van der Waals surface area (Å²) in [6.07, 6.45) is 1.64. The lowest BCUT2D eigenvalue weighted by atomic mass is 9.81. The van der Waals surface area contributed by atoms with Crippen LogP contribution in [0.25, 0.3) is 10.9 Å². The minimum Gasteiger partial charge on any atom is -0.591 e. The van der Waals surface area contributed by atoms with Crippen molar-refractivity contribution >= 4 is 28.0 Å². The average Bonchev–Trinajstić information content (AvgIpc) is 2.64. The minimum atomic E-state index is -1.38. The van der Waals surface area contributed by atoms with Gasteiger partial charge in [0, 0.05) is 31.2 Å². The molecule has 0 aliphatic carbocycles. The number of nitrogens with zero attached hydrogens (tertiary/aromatic N) is 3. The van der Waals surface area contributed by atoms with E-state index in [9.17, 15) is 9.35 Å². The van der Waals surface area contributed by atoms with Crippen LogP contribution in [0.2, 0.25) is 0 Å². The van der Waals surface area contributed by atoms with Crippen LogP contribution in [0.4, 0.5) is 0 Å². The maximum Gasteiger partial charge on any atom is 0.261 e. The van der Waals surface area contributed by atoms with E-state index in [2.05, 4.69) is 11.3 Å². The molecule has 1 aromatic heterocycles. The van der Waals surface area contributed by atoms with Gasteiger partial charge >= 0.3 is 0 Å². The summed E-state index contributed by atoms with van der Waals surface area (Å²) in [4.78, 5) is 18.2. The van der Waals surface area contributed by atoms with Gasteiger partial charge in [0.2, 0.25) is 0 Å². The fourth-order valence-electron chi connectivity index (χ4n) is 3.69. The molecule has 0 amide bonds. The normalized spacial score (nSPS) is 18.8. The van der Waals surface area contributed by atoms with Crippen LogP contribution in [0.1, 0.15) is 64.4 Å². The molecule has 1 atom stereocenters. The van der Waals surface area contributed by atoms with Gasteiger partial charge in [-0.3, -0.25) is 9.36 Å². The zero-order chi connectivity index (χ0) is 21.6. The smallest absolute Gasteiger partial charge is 0.261 e. The van der Waals surface area contributed by atoms with Crippen molar-refractivity contribution < 1.29 is 9.29 Å². The maximum atomic E-state index is 13.2. The van der Waals surface area contributed by atoms with Gasteiger partial charge in [0.1, 0.15) is 21.9 Å². The largest absolute Gasteiger partial charge is 0.591 e. The van der Waals surface area contributed by atoms with E-state index >= 15 is 0 Å². The lowest BCUT2D eigenvalue weighted by Crippen LogP contribution is -2.38. The number of fused-ring (bicyclic) bond motifs is 1. The zero-order valence-electron chi connectivity index (χ0n) is 18.5. The van der Waals surface area contributed by atoms with Crippen molar-refractivity contribution in [2.24, 2.45) is 11.4 Å². The first-order valence-electron chi connectivity index (χ1n) is 10.0.